The first-order valence-corrected chi connectivity index (χ1v) is 9.00. The fourth-order valence-electron chi connectivity index (χ4n) is 3.67. The number of esters is 1. The lowest BCUT2D eigenvalue weighted by atomic mass is 9.72. The summed E-state index contributed by atoms with van der Waals surface area (Å²) in [4.78, 5) is 25.9. The first-order chi connectivity index (χ1) is 11.8. The molecule has 4 rings (SSSR count). The second-order valence-electron chi connectivity index (χ2n) is 6.01. The van der Waals surface area contributed by atoms with Gasteiger partial charge in [-0.2, -0.15) is 0 Å². The van der Waals surface area contributed by atoms with E-state index in [9.17, 15) is 9.59 Å². The molecule has 0 aliphatic carbocycles. The maximum Gasteiger partial charge on any atom is 0.334 e. The van der Waals surface area contributed by atoms with Crippen molar-refractivity contribution in [2.75, 3.05) is 17.7 Å². The van der Waals surface area contributed by atoms with Crippen LogP contribution in [-0.4, -0.2) is 19.0 Å². The Bertz CT molecular complexity index is 949. The summed E-state index contributed by atoms with van der Waals surface area (Å²) in [6.07, 6.45) is 0. The highest BCUT2D eigenvalue weighted by atomic mass is 79.9. The third-order valence-electron chi connectivity index (χ3n) is 4.80. The molecule has 8 heteroatoms. The zero-order chi connectivity index (χ0) is 18.0. The summed E-state index contributed by atoms with van der Waals surface area (Å²) in [5, 5.41) is 6.02. The largest absolute Gasteiger partial charge is 0.467 e. The molecule has 1 spiro atoms. The van der Waals surface area contributed by atoms with Gasteiger partial charge in [-0.15, -0.1) is 0 Å². The number of benzene rings is 2. The van der Waals surface area contributed by atoms with Crippen LogP contribution < -0.4 is 16.4 Å². The highest BCUT2D eigenvalue weighted by Crippen LogP contribution is 2.56. The fraction of sp³-hybridized carbons (Fsp3) is 0.176. The Labute approximate surface area is 160 Å². The van der Waals surface area contributed by atoms with Gasteiger partial charge >= 0.3 is 5.97 Å². The minimum atomic E-state index is -1.73. The molecule has 0 fully saturated rings. The number of carbonyl (C=O) groups is 2. The highest BCUT2D eigenvalue weighted by Gasteiger charge is 2.69. The van der Waals surface area contributed by atoms with Crippen LogP contribution in [0.3, 0.4) is 0 Å². The molecule has 2 aromatic rings. The molecule has 0 saturated heterocycles. The summed E-state index contributed by atoms with van der Waals surface area (Å²) < 4.78 is 6.52. The van der Waals surface area contributed by atoms with Crippen LogP contribution in [0, 0.1) is 0 Å². The predicted molar refractivity (Wildman–Crippen MR) is 100 cm³/mol. The zero-order valence-electron chi connectivity index (χ0n) is 13.0. The summed E-state index contributed by atoms with van der Waals surface area (Å²) in [6, 6.07) is 10.7. The first-order valence-electron chi connectivity index (χ1n) is 7.41. The van der Waals surface area contributed by atoms with E-state index in [1.807, 2.05) is 12.1 Å². The molecule has 25 heavy (non-hydrogen) atoms. The van der Waals surface area contributed by atoms with Crippen LogP contribution in [0.2, 0.25) is 0 Å². The quantitative estimate of drug-likeness (QED) is 0.562. The Hall–Kier alpha value is -1.90. The average Bonchev–Trinajstić information content (AvgIpc) is 3.02. The SMILES string of the molecule is COC(=O)C1(N)c2cc(Br)ccc2NC12C(=O)Nc1ccc(Br)cc12. The summed E-state index contributed by atoms with van der Waals surface area (Å²) in [6.45, 7) is 0. The van der Waals surface area contributed by atoms with Gasteiger partial charge in [-0.25, -0.2) is 4.79 Å². The molecule has 2 heterocycles. The summed E-state index contributed by atoms with van der Waals surface area (Å²) >= 11 is 6.82. The van der Waals surface area contributed by atoms with Crippen molar-refractivity contribution < 1.29 is 14.3 Å². The second kappa shape index (κ2) is 5.30. The summed E-state index contributed by atoms with van der Waals surface area (Å²) in [7, 11) is 1.26. The van der Waals surface area contributed by atoms with Crippen LogP contribution in [0.4, 0.5) is 11.4 Å². The van der Waals surface area contributed by atoms with E-state index in [1.165, 1.54) is 7.11 Å². The number of carbonyl (C=O) groups excluding carboxylic acids is 2. The van der Waals surface area contributed by atoms with E-state index in [1.54, 1.807) is 24.3 Å². The van der Waals surface area contributed by atoms with Gasteiger partial charge in [0.25, 0.3) is 5.91 Å². The van der Waals surface area contributed by atoms with E-state index >= 15 is 0 Å². The molecule has 2 aromatic carbocycles. The van der Waals surface area contributed by atoms with E-state index < -0.39 is 23.0 Å². The molecule has 0 saturated carbocycles. The number of ether oxygens (including phenoxy) is 1. The molecule has 2 atom stereocenters. The van der Waals surface area contributed by atoms with Crippen molar-refractivity contribution in [3.63, 3.8) is 0 Å². The van der Waals surface area contributed by atoms with Gasteiger partial charge in [-0.3, -0.25) is 4.79 Å². The lowest BCUT2D eigenvalue weighted by Gasteiger charge is -2.36. The zero-order valence-corrected chi connectivity index (χ0v) is 16.2. The van der Waals surface area contributed by atoms with Gasteiger partial charge < -0.3 is 21.1 Å². The van der Waals surface area contributed by atoms with E-state index in [2.05, 4.69) is 42.5 Å². The molecule has 2 aliphatic rings. The number of methoxy groups -OCH3 is 1. The van der Waals surface area contributed by atoms with E-state index in [4.69, 9.17) is 10.5 Å². The van der Waals surface area contributed by atoms with Crippen LogP contribution in [0.5, 0.6) is 0 Å². The molecule has 0 bridgehead atoms. The fourth-order valence-corrected chi connectivity index (χ4v) is 4.39. The average molecular weight is 467 g/mol. The minimum absolute atomic E-state index is 0.402. The van der Waals surface area contributed by atoms with Crippen LogP contribution >= 0.6 is 31.9 Å². The molecule has 6 nitrogen and oxygen atoms in total. The van der Waals surface area contributed by atoms with Gasteiger partial charge in [0.1, 0.15) is 0 Å². The number of nitrogens with one attached hydrogen (secondary N) is 2. The van der Waals surface area contributed by atoms with Crippen molar-refractivity contribution in [2.24, 2.45) is 5.73 Å². The van der Waals surface area contributed by atoms with Gasteiger partial charge in [0.05, 0.1) is 7.11 Å². The van der Waals surface area contributed by atoms with Crippen molar-refractivity contribution >= 4 is 55.1 Å². The van der Waals surface area contributed by atoms with E-state index in [0.717, 1.165) is 8.95 Å². The highest BCUT2D eigenvalue weighted by molar-refractivity contribution is 9.10. The minimum Gasteiger partial charge on any atom is -0.467 e. The van der Waals surface area contributed by atoms with E-state index in [0.29, 0.717) is 22.5 Å². The molecular weight excluding hydrogens is 454 g/mol. The number of amides is 1. The summed E-state index contributed by atoms with van der Waals surface area (Å²) in [5.74, 6) is -1.10. The van der Waals surface area contributed by atoms with Gasteiger partial charge in [0, 0.05) is 31.4 Å². The van der Waals surface area contributed by atoms with E-state index in [-0.39, 0.29) is 0 Å². The van der Waals surface area contributed by atoms with Crippen LogP contribution in [0.25, 0.3) is 0 Å². The van der Waals surface area contributed by atoms with Gasteiger partial charge in [-0.05, 0) is 36.4 Å². The Morgan fingerprint density at radius 1 is 1.08 bits per heavy atom. The molecule has 0 radical (unpaired) electrons. The maximum absolute atomic E-state index is 13.1. The molecule has 128 valence electrons. The number of hydrogen-bond acceptors (Lipinski definition) is 5. The third-order valence-corrected chi connectivity index (χ3v) is 5.79. The second-order valence-corrected chi connectivity index (χ2v) is 7.84. The number of fused-ring (bicyclic) bond motifs is 3. The Morgan fingerprint density at radius 3 is 2.32 bits per heavy atom. The van der Waals surface area contributed by atoms with Crippen LogP contribution in [0.1, 0.15) is 11.1 Å². The number of nitrogens with two attached hydrogens (primary N) is 1. The van der Waals surface area contributed by atoms with Crippen molar-refractivity contribution in [3.05, 3.63) is 56.5 Å². The summed E-state index contributed by atoms with van der Waals surface area (Å²) in [5.41, 5.74) is 5.73. The smallest absolute Gasteiger partial charge is 0.334 e. The van der Waals surface area contributed by atoms with Gasteiger partial charge in [-0.1, -0.05) is 31.9 Å². The topological polar surface area (TPSA) is 93.4 Å². The molecule has 2 aliphatic heterocycles. The van der Waals surface area contributed by atoms with Crippen molar-refractivity contribution in [3.8, 4) is 0 Å². The van der Waals surface area contributed by atoms with Gasteiger partial charge in [0.15, 0.2) is 11.1 Å². The van der Waals surface area contributed by atoms with Gasteiger partial charge in [0.2, 0.25) is 0 Å². The molecule has 2 unspecified atom stereocenters. The normalized spacial score (nSPS) is 26.0. The first kappa shape index (κ1) is 16.6. The standard InChI is InChI=1S/C17H13Br2N3O3/c1-25-15(24)16(20)10-6-8(18)3-5-13(10)22-17(16)11-7-9(19)2-4-12(11)21-14(17)23/h2-7,22H,20H2,1H3,(H,21,23). The lowest BCUT2D eigenvalue weighted by molar-refractivity contribution is -0.152. The van der Waals surface area contributed by atoms with Crippen molar-refractivity contribution in [2.45, 2.75) is 11.1 Å². The number of rotatable bonds is 1. The third kappa shape index (κ3) is 1.93. The Balaban J connectivity index is 2.08. The van der Waals surface area contributed by atoms with Crippen LogP contribution in [0.15, 0.2) is 45.3 Å². The predicted octanol–water partition coefficient (Wildman–Crippen LogP) is 2.81. The Morgan fingerprint density at radius 2 is 1.68 bits per heavy atom. The van der Waals surface area contributed by atoms with Crippen molar-refractivity contribution in [1.82, 2.24) is 0 Å². The lowest BCUT2D eigenvalue weighted by Crippen LogP contribution is -2.64. The number of anilines is 2. The number of hydrogen-bond donors (Lipinski definition) is 3. The molecule has 4 N–H and O–H groups in total. The molecule has 1 amide bonds. The maximum atomic E-state index is 13.1. The number of halogens is 2. The molecule has 0 aromatic heterocycles. The van der Waals surface area contributed by atoms with Crippen molar-refractivity contribution in [1.29, 1.82) is 0 Å². The monoisotopic (exact) mass is 465 g/mol. The molecular formula is C17H13Br2N3O3. The van der Waals surface area contributed by atoms with Crippen LogP contribution in [-0.2, 0) is 25.4 Å². The Kier molecular flexibility index (Phi) is 3.51.